The maximum absolute atomic E-state index is 11.3. The van der Waals surface area contributed by atoms with Crippen LogP contribution in [-0.2, 0) is 10.0 Å². The predicted molar refractivity (Wildman–Crippen MR) is 82.2 cm³/mol. The van der Waals surface area contributed by atoms with Gasteiger partial charge in [-0.05, 0) is 25.7 Å². The molecule has 0 atom stereocenters. The van der Waals surface area contributed by atoms with Crippen molar-refractivity contribution in [3.05, 3.63) is 17.0 Å². The average Bonchev–Trinajstić information content (AvgIpc) is 3.21. The summed E-state index contributed by atoms with van der Waals surface area (Å²) in [5.74, 6) is 2.16. The van der Waals surface area contributed by atoms with Crippen LogP contribution in [0.4, 0.5) is 5.82 Å². The standard InChI is InChI=1S/C13H19ClN4O2S/c1-21(19,20)17-10-4-6-18(7-5-10)12-8-11(14)15-13(16-12)9-2-3-9/h8-10,17H,2-7H2,1H3. The zero-order valence-electron chi connectivity index (χ0n) is 11.9. The largest absolute Gasteiger partial charge is 0.356 e. The molecule has 1 aromatic rings. The lowest BCUT2D eigenvalue weighted by Crippen LogP contribution is -2.44. The zero-order valence-corrected chi connectivity index (χ0v) is 13.5. The highest BCUT2D eigenvalue weighted by molar-refractivity contribution is 7.88. The van der Waals surface area contributed by atoms with E-state index in [1.165, 1.54) is 6.26 Å². The first-order valence-corrected chi connectivity index (χ1v) is 9.44. The quantitative estimate of drug-likeness (QED) is 0.847. The first-order valence-electron chi connectivity index (χ1n) is 7.17. The van der Waals surface area contributed by atoms with E-state index in [4.69, 9.17) is 11.6 Å². The van der Waals surface area contributed by atoms with Gasteiger partial charge in [0.05, 0.1) is 6.26 Å². The molecule has 0 radical (unpaired) electrons. The second-order valence-electron chi connectivity index (χ2n) is 5.83. The molecule has 1 N–H and O–H groups in total. The normalized spacial score (nSPS) is 20.8. The van der Waals surface area contributed by atoms with Gasteiger partial charge >= 0.3 is 0 Å². The van der Waals surface area contributed by atoms with E-state index < -0.39 is 10.0 Å². The number of anilines is 1. The molecule has 2 aliphatic rings. The Morgan fingerprint density at radius 2 is 1.90 bits per heavy atom. The highest BCUT2D eigenvalue weighted by Gasteiger charge is 2.29. The summed E-state index contributed by atoms with van der Waals surface area (Å²) < 4.78 is 25.2. The maximum Gasteiger partial charge on any atom is 0.208 e. The number of nitrogens with zero attached hydrogens (tertiary/aromatic N) is 3. The molecule has 0 aromatic carbocycles. The summed E-state index contributed by atoms with van der Waals surface area (Å²) in [6.07, 6.45) is 5.02. The second kappa shape index (κ2) is 5.70. The van der Waals surface area contributed by atoms with Crippen LogP contribution in [0.5, 0.6) is 0 Å². The van der Waals surface area contributed by atoms with Crippen molar-refractivity contribution in [3.8, 4) is 0 Å². The van der Waals surface area contributed by atoms with Crippen LogP contribution in [-0.4, -0.2) is 43.8 Å². The van der Waals surface area contributed by atoms with Crippen molar-refractivity contribution in [1.29, 1.82) is 0 Å². The summed E-state index contributed by atoms with van der Waals surface area (Å²) in [6, 6.07) is 1.80. The van der Waals surface area contributed by atoms with Gasteiger partial charge in [0, 0.05) is 31.1 Å². The summed E-state index contributed by atoms with van der Waals surface area (Å²) in [5, 5.41) is 0.485. The van der Waals surface area contributed by atoms with Gasteiger partial charge in [-0.1, -0.05) is 11.6 Å². The molecule has 2 heterocycles. The molecule has 0 amide bonds. The third kappa shape index (κ3) is 4.05. The lowest BCUT2D eigenvalue weighted by atomic mass is 10.1. The molecule has 1 aliphatic carbocycles. The summed E-state index contributed by atoms with van der Waals surface area (Å²) in [6.45, 7) is 1.54. The molecule has 6 nitrogen and oxygen atoms in total. The summed E-state index contributed by atoms with van der Waals surface area (Å²) >= 11 is 6.09. The van der Waals surface area contributed by atoms with Crippen molar-refractivity contribution in [3.63, 3.8) is 0 Å². The van der Waals surface area contributed by atoms with E-state index >= 15 is 0 Å². The second-order valence-corrected chi connectivity index (χ2v) is 8.00. The molecule has 0 unspecified atom stereocenters. The van der Waals surface area contributed by atoms with Crippen molar-refractivity contribution in [1.82, 2.24) is 14.7 Å². The topological polar surface area (TPSA) is 75.2 Å². The molecule has 21 heavy (non-hydrogen) atoms. The molecule has 8 heteroatoms. The van der Waals surface area contributed by atoms with Gasteiger partial charge in [-0.3, -0.25) is 0 Å². The van der Waals surface area contributed by atoms with Crippen LogP contribution in [0.1, 0.15) is 37.4 Å². The first-order chi connectivity index (χ1) is 9.90. The van der Waals surface area contributed by atoms with Gasteiger partial charge in [-0.25, -0.2) is 23.1 Å². The Bertz CT molecular complexity index is 625. The van der Waals surface area contributed by atoms with Crippen molar-refractivity contribution in [2.24, 2.45) is 0 Å². The van der Waals surface area contributed by atoms with Gasteiger partial charge < -0.3 is 4.90 Å². The predicted octanol–water partition coefficient (Wildman–Crippen LogP) is 1.53. The Morgan fingerprint density at radius 1 is 1.24 bits per heavy atom. The number of nitrogens with one attached hydrogen (secondary N) is 1. The third-order valence-corrected chi connectivity index (χ3v) is 4.80. The first kappa shape index (κ1) is 15.0. The molecular formula is C13H19ClN4O2S. The smallest absolute Gasteiger partial charge is 0.208 e. The Balaban J connectivity index is 1.66. The highest BCUT2D eigenvalue weighted by Crippen LogP contribution is 2.39. The van der Waals surface area contributed by atoms with Gasteiger partial charge in [0.25, 0.3) is 0 Å². The fraction of sp³-hybridized carbons (Fsp3) is 0.692. The number of halogens is 1. The van der Waals surface area contributed by atoms with E-state index in [0.29, 0.717) is 11.1 Å². The molecule has 1 aliphatic heterocycles. The molecule has 1 saturated carbocycles. The van der Waals surface area contributed by atoms with E-state index in [0.717, 1.165) is 50.4 Å². The number of aromatic nitrogens is 2. The van der Waals surface area contributed by atoms with Crippen LogP contribution >= 0.6 is 11.6 Å². The number of piperidine rings is 1. The molecule has 2 fully saturated rings. The van der Waals surface area contributed by atoms with Crippen molar-refractivity contribution in [2.75, 3.05) is 24.2 Å². The number of rotatable bonds is 4. The van der Waals surface area contributed by atoms with E-state index in [-0.39, 0.29) is 6.04 Å². The van der Waals surface area contributed by atoms with E-state index in [2.05, 4.69) is 19.6 Å². The highest BCUT2D eigenvalue weighted by atomic mass is 35.5. The lowest BCUT2D eigenvalue weighted by molar-refractivity contribution is 0.459. The fourth-order valence-electron chi connectivity index (χ4n) is 2.64. The van der Waals surface area contributed by atoms with Gasteiger partial charge in [0.1, 0.15) is 16.8 Å². The van der Waals surface area contributed by atoms with Gasteiger partial charge in [0.2, 0.25) is 10.0 Å². The van der Waals surface area contributed by atoms with Crippen LogP contribution in [0.25, 0.3) is 0 Å². The summed E-state index contributed by atoms with van der Waals surface area (Å²) in [4.78, 5) is 11.1. The maximum atomic E-state index is 11.3. The van der Waals surface area contributed by atoms with Crippen LogP contribution in [0.3, 0.4) is 0 Å². The minimum atomic E-state index is -3.14. The number of sulfonamides is 1. The van der Waals surface area contributed by atoms with Crippen LogP contribution in [0.2, 0.25) is 5.15 Å². The van der Waals surface area contributed by atoms with Crippen molar-refractivity contribution < 1.29 is 8.42 Å². The van der Waals surface area contributed by atoms with Crippen molar-refractivity contribution >= 4 is 27.4 Å². The van der Waals surface area contributed by atoms with Crippen molar-refractivity contribution in [2.45, 2.75) is 37.6 Å². The minimum Gasteiger partial charge on any atom is -0.356 e. The Labute approximate surface area is 130 Å². The molecule has 0 bridgehead atoms. The molecule has 1 aromatic heterocycles. The van der Waals surface area contributed by atoms with Gasteiger partial charge in [-0.15, -0.1) is 0 Å². The van der Waals surface area contributed by atoms with Crippen LogP contribution < -0.4 is 9.62 Å². The third-order valence-electron chi connectivity index (χ3n) is 3.84. The van der Waals surface area contributed by atoms with Gasteiger partial charge in [-0.2, -0.15) is 0 Å². The Hall–Kier alpha value is -0.920. The van der Waals surface area contributed by atoms with Crippen LogP contribution in [0, 0.1) is 0 Å². The molecule has 1 saturated heterocycles. The molecule has 0 spiro atoms. The SMILES string of the molecule is CS(=O)(=O)NC1CCN(c2cc(Cl)nc(C3CC3)n2)CC1. The number of hydrogen-bond acceptors (Lipinski definition) is 5. The Kier molecular flexibility index (Phi) is 4.07. The van der Waals surface area contributed by atoms with Crippen LogP contribution in [0.15, 0.2) is 6.07 Å². The van der Waals surface area contributed by atoms with Gasteiger partial charge in [0.15, 0.2) is 0 Å². The van der Waals surface area contributed by atoms with E-state index in [1.807, 2.05) is 0 Å². The monoisotopic (exact) mass is 330 g/mol. The minimum absolute atomic E-state index is 0.0106. The molecule has 3 rings (SSSR count). The summed E-state index contributed by atoms with van der Waals surface area (Å²) in [7, 11) is -3.14. The van der Waals surface area contributed by atoms with E-state index in [9.17, 15) is 8.42 Å². The zero-order chi connectivity index (χ0) is 15.0. The number of hydrogen-bond donors (Lipinski definition) is 1. The Morgan fingerprint density at radius 3 is 2.48 bits per heavy atom. The average molecular weight is 331 g/mol. The molecular weight excluding hydrogens is 312 g/mol. The summed E-state index contributed by atoms with van der Waals surface area (Å²) in [5.41, 5.74) is 0. The lowest BCUT2D eigenvalue weighted by Gasteiger charge is -2.32. The van der Waals surface area contributed by atoms with E-state index in [1.54, 1.807) is 6.07 Å². The fourth-order valence-corrected chi connectivity index (χ4v) is 3.66. The molecule has 116 valence electrons.